The highest BCUT2D eigenvalue weighted by Gasteiger charge is 2.12. The Morgan fingerprint density at radius 3 is 2.03 bits per heavy atom. The number of rotatable bonds is 9. The van der Waals surface area contributed by atoms with Crippen molar-refractivity contribution < 1.29 is 33.3 Å². The second-order valence-corrected chi connectivity index (χ2v) is 5.68. The lowest BCUT2D eigenvalue weighted by atomic mass is 10.1. The van der Waals surface area contributed by atoms with Gasteiger partial charge in [0.25, 0.3) is 5.91 Å². The number of ether oxygens (including phenoxy) is 5. The fourth-order valence-electron chi connectivity index (χ4n) is 2.42. The Morgan fingerprint density at radius 2 is 1.52 bits per heavy atom. The highest BCUT2D eigenvalue weighted by atomic mass is 16.5. The number of amides is 1. The first kappa shape index (κ1) is 21.6. The van der Waals surface area contributed by atoms with E-state index in [1.807, 2.05) is 0 Å². The van der Waals surface area contributed by atoms with Crippen LogP contribution in [-0.2, 0) is 14.3 Å². The van der Waals surface area contributed by atoms with Crippen molar-refractivity contribution in [3.8, 4) is 23.0 Å². The molecule has 0 fully saturated rings. The lowest BCUT2D eigenvalue weighted by Crippen LogP contribution is -2.20. The Kier molecular flexibility index (Phi) is 7.90. The third-order valence-corrected chi connectivity index (χ3v) is 3.82. The summed E-state index contributed by atoms with van der Waals surface area (Å²) < 4.78 is 25.8. The SMILES string of the molecule is COc1ccc(NC(=O)COC(=O)/C=C/c2cc(OC)c(OC)c(OC)c2)cc1. The van der Waals surface area contributed by atoms with E-state index in [4.69, 9.17) is 23.7 Å². The van der Waals surface area contributed by atoms with Crippen LogP contribution in [0.25, 0.3) is 6.08 Å². The quantitative estimate of drug-likeness (QED) is 0.510. The van der Waals surface area contributed by atoms with Gasteiger partial charge in [-0.3, -0.25) is 4.79 Å². The number of nitrogens with one attached hydrogen (secondary N) is 1. The fourth-order valence-corrected chi connectivity index (χ4v) is 2.42. The second kappa shape index (κ2) is 10.6. The topological polar surface area (TPSA) is 92.3 Å². The van der Waals surface area contributed by atoms with Crippen LogP contribution in [0.4, 0.5) is 5.69 Å². The summed E-state index contributed by atoms with van der Waals surface area (Å²) in [6.07, 6.45) is 2.73. The van der Waals surface area contributed by atoms with E-state index in [2.05, 4.69) is 5.32 Å². The van der Waals surface area contributed by atoms with Crippen molar-refractivity contribution in [1.29, 1.82) is 0 Å². The number of hydrogen-bond acceptors (Lipinski definition) is 7. The third kappa shape index (κ3) is 6.17. The standard InChI is InChI=1S/C21H23NO7/c1-25-16-8-6-15(7-9-16)22-19(23)13-29-20(24)10-5-14-11-17(26-2)21(28-4)18(12-14)27-3/h5-12H,13H2,1-4H3,(H,22,23)/b10-5+. The summed E-state index contributed by atoms with van der Waals surface area (Å²) in [5, 5.41) is 2.62. The predicted octanol–water partition coefficient (Wildman–Crippen LogP) is 2.92. The van der Waals surface area contributed by atoms with Crippen LogP contribution in [0.3, 0.4) is 0 Å². The van der Waals surface area contributed by atoms with E-state index in [0.717, 1.165) is 0 Å². The summed E-state index contributed by atoms with van der Waals surface area (Å²) in [6, 6.07) is 10.2. The molecule has 0 atom stereocenters. The molecule has 0 aliphatic rings. The van der Waals surface area contributed by atoms with Gasteiger partial charge < -0.3 is 29.0 Å². The number of carbonyl (C=O) groups excluding carboxylic acids is 2. The largest absolute Gasteiger partial charge is 0.497 e. The summed E-state index contributed by atoms with van der Waals surface area (Å²) in [4.78, 5) is 23.8. The molecular weight excluding hydrogens is 378 g/mol. The van der Waals surface area contributed by atoms with Gasteiger partial charge in [0.1, 0.15) is 5.75 Å². The van der Waals surface area contributed by atoms with E-state index in [-0.39, 0.29) is 0 Å². The van der Waals surface area contributed by atoms with Crippen LogP contribution in [0.5, 0.6) is 23.0 Å². The molecule has 0 saturated carbocycles. The van der Waals surface area contributed by atoms with E-state index in [9.17, 15) is 9.59 Å². The summed E-state index contributed by atoms with van der Waals surface area (Å²) in [6.45, 7) is -0.412. The minimum Gasteiger partial charge on any atom is -0.497 e. The van der Waals surface area contributed by atoms with Gasteiger partial charge in [-0.1, -0.05) is 0 Å². The summed E-state index contributed by atoms with van der Waals surface area (Å²) in [7, 11) is 6.06. The zero-order valence-electron chi connectivity index (χ0n) is 16.7. The van der Waals surface area contributed by atoms with Crippen molar-refractivity contribution in [1.82, 2.24) is 0 Å². The van der Waals surface area contributed by atoms with Crippen LogP contribution in [-0.4, -0.2) is 46.9 Å². The van der Waals surface area contributed by atoms with Crippen LogP contribution in [0.1, 0.15) is 5.56 Å². The zero-order valence-corrected chi connectivity index (χ0v) is 16.7. The Morgan fingerprint density at radius 1 is 0.897 bits per heavy atom. The molecule has 1 N–H and O–H groups in total. The number of benzene rings is 2. The van der Waals surface area contributed by atoms with Crippen molar-refractivity contribution >= 4 is 23.6 Å². The molecule has 0 spiro atoms. The maximum atomic E-state index is 11.9. The van der Waals surface area contributed by atoms with Gasteiger partial charge in [-0.2, -0.15) is 0 Å². The maximum absolute atomic E-state index is 11.9. The Hall–Kier alpha value is -3.68. The van der Waals surface area contributed by atoms with Crippen molar-refractivity contribution in [2.24, 2.45) is 0 Å². The smallest absolute Gasteiger partial charge is 0.331 e. The molecule has 0 aliphatic carbocycles. The van der Waals surface area contributed by atoms with Gasteiger partial charge in [-0.05, 0) is 48.0 Å². The van der Waals surface area contributed by atoms with E-state index >= 15 is 0 Å². The summed E-state index contributed by atoms with van der Waals surface area (Å²) >= 11 is 0. The molecule has 0 unspecified atom stereocenters. The van der Waals surface area contributed by atoms with Crippen LogP contribution in [0.2, 0.25) is 0 Å². The fraction of sp³-hybridized carbons (Fsp3) is 0.238. The minimum atomic E-state index is -0.663. The molecule has 8 heteroatoms. The van der Waals surface area contributed by atoms with Crippen LogP contribution < -0.4 is 24.3 Å². The molecule has 0 heterocycles. The van der Waals surface area contributed by atoms with Crippen molar-refractivity contribution in [2.45, 2.75) is 0 Å². The van der Waals surface area contributed by atoms with Crippen molar-refractivity contribution in [2.75, 3.05) is 40.4 Å². The molecule has 2 rings (SSSR count). The first-order chi connectivity index (χ1) is 14.0. The maximum Gasteiger partial charge on any atom is 0.331 e. The summed E-state index contributed by atoms with van der Waals surface area (Å²) in [5.41, 5.74) is 1.21. The Bertz CT molecular complexity index is 850. The van der Waals surface area contributed by atoms with Gasteiger partial charge in [0.05, 0.1) is 28.4 Å². The van der Waals surface area contributed by atoms with Gasteiger partial charge in [-0.25, -0.2) is 4.79 Å². The van der Waals surface area contributed by atoms with E-state index < -0.39 is 18.5 Å². The zero-order chi connectivity index (χ0) is 21.2. The predicted molar refractivity (Wildman–Crippen MR) is 108 cm³/mol. The molecule has 0 saturated heterocycles. The van der Waals surface area contributed by atoms with E-state index in [1.54, 1.807) is 43.5 Å². The first-order valence-corrected chi connectivity index (χ1v) is 8.59. The van der Waals surface area contributed by atoms with Crippen LogP contribution in [0, 0.1) is 0 Å². The normalized spacial score (nSPS) is 10.3. The van der Waals surface area contributed by atoms with Gasteiger partial charge in [0.2, 0.25) is 5.75 Å². The highest BCUT2D eigenvalue weighted by molar-refractivity contribution is 5.94. The lowest BCUT2D eigenvalue weighted by molar-refractivity contribution is -0.142. The van der Waals surface area contributed by atoms with Crippen LogP contribution in [0.15, 0.2) is 42.5 Å². The average molecular weight is 401 g/mol. The van der Waals surface area contributed by atoms with Gasteiger partial charge >= 0.3 is 5.97 Å². The lowest BCUT2D eigenvalue weighted by Gasteiger charge is -2.12. The van der Waals surface area contributed by atoms with E-state index in [0.29, 0.717) is 34.2 Å². The van der Waals surface area contributed by atoms with Crippen LogP contribution >= 0.6 is 0 Å². The molecule has 0 aliphatic heterocycles. The molecule has 2 aromatic rings. The molecule has 29 heavy (non-hydrogen) atoms. The Labute approximate surface area is 169 Å². The van der Waals surface area contributed by atoms with Crippen molar-refractivity contribution in [3.63, 3.8) is 0 Å². The van der Waals surface area contributed by atoms with Gasteiger partial charge in [0, 0.05) is 11.8 Å². The Balaban J connectivity index is 1.92. The number of carbonyl (C=O) groups is 2. The molecule has 0 bridgehead atoms. The molecule has 1 amide bonds. The van der Waals surface area contributed by atoms with Crippen molar-refractivity contribution in [3.05, 3.63) is 48.0 Å². The van der Waals surface area contributed by atoms with Gasteiger partial charge in [-0.15, -0.1) is 0 Å². The molecule has 0 radical (unpaired) electrons. The molecule has 8 nitrogen and oxygen atoms in total. The van der Waals surface area contributed by atoms with E-state index in [1.165, 1.54) is 33.5 Å². The second-order valence-electron chi connectivity index (χ2n) is 5.68. The first-order valence-electron chi connectivity index (χ1n) is 8.59. The molecule has 2 aromatic carbocycles. The summed E-state index contributed by atoms with van der Waals surface area (Å²) in [5.74, 6) is 0.919. The molecule has 0 aromatic heterocycles. The number of anilines is 1. The monoisotopic (exact) mass is 401 g/mol. The number of methoxy groups -OCH3 is 4. The number of esters is 1. The minimum absolute atomic E-state index is 0.412. The van der Waals surface area contributed by atoms with Gasteiger partial charge in [0.15, 0.2) is 18.1 Å². The molecular formula is C21H23NO7. The average Bonchev–Trinajstić information content (AvgIpc) is 2.75. The third-order valence-electron chi connectivity index (χ3n) is 3.82. The highest BCUT2D eigenvalue weighted by Crippen LogP contribution is 2.38. The number of hydrogen-bond donors (Lipinski definition) is 1. The molecule has 154 valence electrons.